The molecule has 4 nitrogen and oxygen atoms in total. The van der Waals surface area contributed by atoms with Crippen molar-refractivity contribution in [2.45, 2.75) is 59.2 Å². The van der Waals surface area contributed by atoms with Gasteiger partial charge >= 0.3 is 0 Å². The van der Waals surface area contributed by atoms with E-state index in [9.17, 15) is 14.0 Å². The van der Waals surface area contributed by atoms with Crippen molar-refractivity contribution < 1.29 is 14.0 Å². The zero-order valence-corrected chi connectivity index (χ0v) is 17.0. The van der Waals surface area contributed by atoms with Gasteiger partial charge in [0.25, 0.3) is 0 Å². The van der Waals surface area contributed by atoms with Crippen molar-refractivity contribution >= 4 is 11.8 Å². The van der Waals surface area contributed by atoms with Crippen molar-refractivity contribution in [1.82, 2.24) is 10.2 Å². The normalized spacial score (nSPS) is 11.9. The molecule has 0 bridgehead atoms. The number of benzene rings is 2. The van der Waals surface area contributed by atoms with E-state index in [0.29, 0.717) is 13.0 Å². The zero-order valence-electron chi connectivity index (χ0n) is 17.0. The Morgan fingerprint density at radius 3 is 2.29 bits per heavy atom. The molecule has 1 N–H and O–H groups in total. The molecule has 150 valence electrons. The monoisotopic (exact) mass is 384 g/mol. The lowest BCUT2D eigenvalue weighted by atomic mass is 10.0. The fourth-order valence-corrected chi connectivity index (χ4v) is 3.15. The molecule has 2 aromatic carbocycles. The highest BCUT2D eigenvalue weighted by molar-refractivity contribution is 5.88. The van der Waals surface area contributed by atoms with Gasteiger partial charge in [-0.2, -0.15) is 0 Å². The quantitative estimate of drug-likeness (QED) is 0.748. The Hall–Kier alpha value is -2.69. The van der Waals surface area contributed by atoms with Gasteiger partial charge in [0.2, 0.25) is 11.8 Å². The molecular weight excluding hydrogens is 355 g/mol. The Kier molecular flexibility index (Phi) is 7.73. The summed E-state index contributed by atoms with van der Waals surface area (Å²) in [6.07, 6.45) is 0.636. The summed E-state index contributed by atoms with van der Waals surface area (Å²) in [5, 5.41) is 2.92. The predicted octanol–water partition coefficient (Wildman–Crippen LogP) is 4.01. The summed E-state index contributed by atoms with van der Waals surface area (Å²) in [5.41, 5.74) is 2.80. The van der Waals surface area contributed by atoms with Crippen molar-refractivity contribution in [2.75, 3.05) is 0 Å². The van der Waals surface area contributed by atoms with Crippen LogP contribution in [0.5, 0.6) is 0 Å². The van der Waals surface area contributed by atoms with Crippen molar-refractivity contribution in [3.05, 3.63) is 71.0 Å². The van der Waals surface area contributed by atoms with E-state index in [4.69, 9.17) is 0 Å². The van der Waals surface area contributed by atoms with E-state index in [1.165, 1.54) is 12.1 Å². The maximum Gasteiger partial charge on any atom is 0.243 e. The number of halogens is 1. The smallest absolute Gasteiger partial charge is 0.243 e. The van der Waals surface area contributed by atoms with E-state index < -0.39 is 6.04 Å². The third-order valence-electron chi connectivity index (χ3n) is 4.69. The van der Waals surface area contributed by atoms with E-state index in [2.05, 4.69) is 5.32 Å². The molecule has 0 unspecified atom stereocenters. The average Bonchev–Trinajstić information content (AvgIpc) is 2.64. The minimum absolute atomic E-state index is 0.00550. The molecule has 0 saturated carbocycles. The minimum Gasteiger partial charge on any atom is -0.352 e. The van der Waals surface area contributed by atoms with Crippen LogP contribution in [0.25, 0.3) is 0 Å². The number of carbonyl (C=O) groups is 2. The van der Waals surface area contributed by atoms with Crippen LogP contribution in [0.2, 0.25) is 0 Å². The standard InChI is InChI=1S/C23H29FN2O2/c1-5-21(23(28)25-16(2)3)26(15-19-9-7-6-8-17(19)4)22(27)14-18-10-12-20(24)13-11-18/h6-13,16,21H,5,14-15H2,1-4H3,(H,25,28)/t21-/m0/s1. The lowest BCUT2D eigenvalue weighted by Crippen LogP contribution is -2.50. The SMILES string of the molecule is CC[C@@H](C(=O)NC(C)C)N(Cc1ccccc1C)C(=O)Cc1ccc(F)cc1. The van der Waals surface area contributed by atoms with Gasteiger partial charge < -0.3 is 10.2 Å². The van der Waals surface area contributed by atoms with E-state index in [1.54, 1.807) is 17.0 Å². The first-order valence-electron chi connectivity index (χ1n) is 9.70. The topological polar surface area (TPSA) is 49.4 Å². The molecule has 2 rings (SSSR count). The van der Waals surface area contributed by atoms with Crippen LogP contribution in [-0.2, 0) is 22.6 Å². The summed E-state index contributed by atoms with van der Waals surface area (Å²) in [7, 11) is 0. The number of hydrogen-bond donors (Lipinski definition) is 1. The van der Waals surface area contributed by atoms with Crippen LogP contribution < -0.4 is 5.32 Å². The number of amides is 2. The van der Waals surface area contributed by atoms with Crippen LogP contribution in [0.1, 0.15) is 43.9 Å². The van der Waals surface area contributed by atoms with Crippen LogP contribution in [0.4, 0.5) is 4.39 Å². The number of aryl methyl sites for hydroxylation is 1. The van der Waals surface area contributed by atoms with E-state index in [1.807, 2.05) is 52.0 Å². The zero-order chi connectivity index (χ0) is 20.7. The maximum absolute atomic E-state index is 13.2. The van der Waals surface area contributed by atoms with Gasteiger partial charge in [0.05, 0.1) is 6.42 Å². The Labute approximate surface area is 166 Å². The van der Waals surface area contributed by atoms with Crippen molar-refractivity contribution in [2.24, 2.45) is 0 Å². The van der Waals surface area contributed by atoms with Gasteiger partial charge in [-0.1, -0.05) is 43.3 Å². The molecule has 0 aliphatic heterocycles. The van der Waals surface area contributed by atoms with Gasteiger partial charge in [-0.05, 0) is 56.0 Å². The van der Waals surface area contributed by atoms with Crippen molar-refractivity contribution in [3.8, 4) is 0 Å². The van der Waals surface area contributed by atoms with Gasteiger partial charge in [-0.25, -0.2) is 4.39 Å². The third-order valence-corrected chi connectivity index (χ3v) is 4.69. The van der Waals surface area contributed by atoms with Crippen LogP contribution in [-0.4, -0.2) is 28.8 Å². The first-order valence-corrected chi connectivity index (χ1v) is 9.70. The number of carbonyl (C=O) groups excluding carboxylic acids is 2. The van der Waals surface area contributed by atoms with Gasteiger partial charge in [-0.15, -0.1) is 0 Å². The van der Waals surface area contributed by atoms with Crippen LogP contribution in [0.15, 0.2) is 48.5 Å². The second-order valence-electron chi connectivity index (χ2n) is 7.34. The predicted molar refractivity (Wildman–Crippen MR) is 109 cm³/mol. The minimum atomic E-state index is -0.560. The Morgan fingerprint density at radius 1 is 1.07 bits per heavy atom. The van der Waals surface area contributed by atoms with Gasteiger partial charge in [0, 0.05) is 12.6 Å². The molecule has 2 amide bonds. The Morgan fingerprint density at radius 2 is 1.71 bits per heavy atom. The van der Waals surface area contributed by atoms with E-state index >= 15 is 0 Å². The molecule has 0 radical (unpaired) electrons. The van der Waals surface area contributed by atoms with E-state index in [-0.39, 0.29) is 30.1 Å². The fourth-order valence-electron chi connectivity index (χ4n) is 3.15. The van der Waals surface area contributed by atoms with Crippen molar-refractivity contribution in [3.63, 3.8) is 0 Å². The molecule has 0 fully saturated rings. The first-order chi connectivity index (χ1) is 13.3. The molecule has 1 atom stereocenters. The molecule has 2 aromatic rings. The second kappa shape index (κ2) is 10.0. The van der Waals surface area contributed by atoms with Crippen LogP contribution in [0.3, 0.4) is 0 Å². The first kappa shape index (κ1) is 21.6. The molecule has 0 aromatic heterocycles. The summed E-state index contributed by atoms with van der Waals surface area (Å²) in [4.78, 5) is 27.5. The van der Waals surface area contributed by atoms with Crippen LogP contribution >= 0.6 is 0 Å². The largest absolute Gasteiger partial charge is 0.352 e. The molecular formula is C23H29FN2O2. The average molecular weight is 384 g/mol. The highest BCUT2D eigenvalue weighted by atomic mass is 19.1. The highest BCUT2D eigenvalue weighted by Crippen LogP contribution is 2.17. The van der Waals surface area contributed by atoms with Crippen LogP contribution in [0, 0.1) is 12.7 Å². The summed E-state index contributed by atoms with van der Waals surface area (Å²) in [5.74, 6) is -0.644. The summed E-state index contributed by atoms with van der Waals surface area (Å²) in [6, 6.07) is 13.2. The molecule has 5 heteroatoms. The van der Waals surface area contributed by atoms with Gasteiger partial charge in [-0.3, -0.25) is 9.59 Å². The lowest BCUT2D eigenvalue weighted by Gasteiger charge is -2.31. The Bertz CT molecular complexity index is 803. The number of rotatable bonds is 8. The lowest BCUT2D eigenvalue weighted by molar-refractivity contribution is -0.141. The summed E-state index contributed by atoms with van der Waals surface area (Å²) < 4.78 is 13.2. The second-order valence-corrected chi connectivity index (χ2v) is 7.34. The maximum atomic E-state index is 13.2. The number of nitrogens with one attached hydrogen (secondary N) is 1. The van der Waals surface area contributed by atoms with Gasteiger partial charge in [0.1, 0.15) is 11.9 Å². The molecule has 0 heterocycles. The third kappa shape index (κ3) is 5.91. The number of nitrogens with zero attached hydrogens (tertiary/aromatic N) is 1. The molecule has 28 heavy (non-hydrogen) atoms. The van der Waals surface area contributed by atoms with Gasteiger partial charge in [0.15, 0.2) is 0 Å². The molecule has 0 saturated heterocycles. The van der Waals surface area contributed by atoms with Crippen molar-refractivity contribution in [1.29, 1.82) is 0 Å². The Balaban J connectivity index is 2.30. The fraction of sp³-hybridized carbons (Fsp3) is 0.391. The molecule has 0 aliphatic rings. The summed E-state index contributed by atoms with van der Waals surface area (Å²) in [6.45, 7) is 8.05. The summed E-state index contributed by atoms with van der Waals surface area (Å²) >= 11 is 0. The molecule has 0 spiro atoms. The highest BCUT2D eigenvalue weighted by Gasteiger charge is 2.29. The molecule has 0 aliphatic carbocycles. The number of hydrogen-bond acceptors (Lipinski definition) is 2. The van der Waals surface area contributed by atoms with E-state index in [0.717, 1.165) is 16.7 Å².